The molecule has 24 heavy (non-hydrogen) atoms. The number of β-amino-alcohol motifs (C(OH)–C–C–N with tert-alkyl or cyclic N) is 1. The summed E-state index contributed by atoms with van der Waals surface area (Å²) in [6, 6.07) is 2.11. The molecular formula is C16H25IN4O2S. The third-order valence-corrected chi connectivity index (χ3v) is 5.35. The minimum absolute atomic E-state index is 0. The van der Waals surface area contributed by atoms with Gasteiger partial charge in [-0.15, -0.1) is 35.3 Å². The lowest BCUT2D eigenvalue weighted by Gasteiger charge is -2.27. The monoisotopic (exact) mass is 464 g/mol. The Hall–Kier alpha value is -0.870. The maximum atomic E-state index is 12.4. The van der Waals surface area contributed by atoms with E-state index in [1.807, 2.05) is 16.7 Å². The predicted octanol–water partition coefficient (Wildman–Crippen LogP) is 1.28. The van der Waals surface area contributed by atoms with Gasteiger partial charge in [-0.25, -0.2) is 4.99 Å². The number of amides is 1. The number of nitrogens with zero attached hydrogens (tertiary/aromatic N) is 3. The summed E-state index contributed by atoms with van der Waals surface area (Å²) in [4.78, 5) is 22.2. The Labute approximate surface area is 164 Å². The zero-order valence-electron chi connectivity index (χ0n) is 13.9. The van der Waals surface area contributed by atoms with E-state index in [1.54, 1.807) is 11.3 Å². The van der Waals surface area contributed by atoms with Gasteiger partial charge in [0, 0.05) is 37.6 Å². The van der Waals surface area contributed by atoms with Gasteiger partial charge in [0.25, 0.3) is 0 Å². The van der Waals surface area contributed by atoms with Crippen molar-refractivity contribution < 1.29 is 9.90 Å². The third-order valence-electron chi connectivity index (χ3n) is 4.32. The van der Waals surface area contributed by atoms with Crippen LogP contribution in [0.4, 0.5) is 0 Å². The van der Waals surface area contributed by atoms with Crippen LogP contribution in [0.3, 0.4) is 0 Å². The number of aliphatic imine (C=N–C) groups is 1. The molecule has 1 amide bonds. The summed E-state index contributed by atoms with van der Waals surface area (Å²) in [5.41, 5.74) is 1.27. The lowest BCUT2D eigenvalue weighted by molar-refractivity contribution is -0.130. The number of thiophene rings is 1. The molecule has 1 atom stereocenters. The van der Waals surface area contributed by atoms with Crippen LogP contribution in [0.15, 0.2) is 16.4 Å². The van der Waals surface area contributed by atoms with E-state index in [0.29, 0.717) is 13.1 Å². The minimum atomic E-state index is -0.298. The Morgan fingerprint density at radius 2 is 2.29 bits per heavy atom. The van der Waals surface area contributed by atoms with Gasteiger partial charge < -0.3 is 20.2 Å². The second-order valence-corrected chi connectivity index (χ2v) is 6.99. The molecule has 0 aliphatic carbocycles. The molecule has 0 unspecified atom stereocenters. The van der Waals surface area contributed by atoms with Crippen LogP contribution in [-0.2, 0) is 17.8 Å². The van der Waals surface area contributed by atoms with Gasteiger partial charge in [-0.3, -0.25) is 4.79 Å². The fraction of sp³-hybridized carbons (Fsp3) is 0.625. The zero-order valence-corrected chi connectivity index (χ0v) is 17.0. The number of fused-ring (bicyclic) bond motifs is 1. The largest absolute Gasteiger partial charge is 0.391 e. The summed E-state index contributed by atoms with van der Waals surface area (Å²) in [7, 11) is 0. The van der Waals surface area contributed by atoms with Crippen molar-refractivity contribution in [2.24, 2.45) is 4.99 Å². The van der Waals surface area contributed by atoms with E-state index in [0.717, 1.165) is 38.4 Å². The summed E-state index contributed by atoms with van der Waals surface area (Å²) >= 11 is 1.78. The van der Waals surface area contributed by atoms with Gasteiger partial charge >= 0.3 is 0 Å². The minimum Gasteiger partial charge on any atom is -0.391 e. The molecule has 2 aliphatic rings. The fourth-order valence-corrected chi connectivity index (χ4v) is 3.95. The average Bonchev–Trinajstić information content (AvgIpc) is 3.18. The van der Waals surface area contributed by atoms with Crippen molar-refractivity contribution in [3.8, 4) is 0 Å². The van der Waals surface area contributed by atoms with Crippen molar-refractivity contribution >= 4 is 47.2 Å². The molecular weight excluding hydrogens is 439 g/mol. The van der Waals surface area contributed by atoms with Crippen molar-refractivity contribution in [2.75, 3.05) is 32.7 Å². The van der Waals surface area contributed by atoms with Gasteiger partial charge in [-0.1, -0.05) is 0 Å². The van der Waals surface area contributed by atoms with E-state index >= 15 is 0 Å². The molecule has 1 aromatic heterocycles. The van der Waals surface area contributed by atoms with Crippen molar-refractivity contribution in [1.29, 1.82) is 0 Å². The smallest absolute Gasteiger partial charge is 0.244 e. The molecule has 0 saturated carbocycles. The summed E-state index contributed by atoms with van der Waals surface area (Å²) in [6.45, 7) is 5.76. The highest BCUT2D eigenvalue weighted by Crippen LogP contribution is 2.23. The Balaban J connectivity index is 0.00000208. The zero-order chi connectivity index (χ0) is 16.2. The number of halogens is 1. The van der Waals surface area contributed by atoms with Crippen LogP contribution in [0.1, 0.15) is 23.8 Å². The Kier molecular flexibility index (Phi) is 7.30. The number of aliphatic hydroxyl groups excluding tert-OH is 1. The molecule has 3 rings (SSSR count). The van der Waals surface area contributed by atoms with Crippen molar-refractivity contribution in [2.45, 2.75) is 32.4 Å². The van der Waals surface area contributed by atoms with E-state index < -0.39 is 0 Å². The number of carbonyl (C=O) groups excluding carboxylic acids is 1. The number of rotatable bonds is 3. The van der Waals surface area contributed by atoms with E-state index in [-0.39, 0.29) is 42.5 Å². The van der Waals surface area contributed by atoms with Crippen LogP contribution >= 0.6 is 35.3 Å². The first kappa shape index (κ1) is 19.5. The summed E-state index contributed by atoms with van der Waals surface area (Å²) in [5.74, 6) is 0.794. The second kappa shape index (κ2) is 9.00. The molecule has 6 nitrogen and oxygen atoms in total. The molecule has 2 aliphatic heterocycles. The molecule has 0 aromatic carbocycles. The Morgan fingerprint density at radius 1 is 1.46 bits per heavy atom. The molecule has 3 heterocycles. The second-order valence-electron chi connectivity index (χ2n) is 5.99. The SMILES string of the molecule is CCNC(=NCC(=O)N1CCc2sccc2C1)N1CC[C@@H](O)C1.I. The first-order valence-corrected chi connectivity index (χ1v) is 9.09. The molecule has 134 valence electrons. The topological polar surface area (TPSA) is 68.2 Å². The van der Waals surface area contributed by atoms with Crippen molar-refractivity contribution in [3.63, 3.8) is 0 Å². The van der Waals surface area contributed by atoms with Gasteiger partial charge in [-0.2, -0.15) is 0 Å². The number of hydrogen-bond acceptors (Lipinski definition) is 4. The van der Waals surface area contributed by atoms with Crippen molar-refractivity contribution in [1.82, 2.24) is 15.1 Å². The van der Waals surface area contributed by atoms with Crippen LogP contribution in [0.2, 0.25) is 0 Å². The standard InChI is InChI=1S/C16H24N4O2S.HI/c1-2-17-16(20-6-3-13(21)11-20)18-9-15(22)19-7-4-14-12(10-19)5-8-23-14;/h5,8,13,21H,2-4,6-7,9-11H2,1H3,(H,17,18);1H/t13-;/m1./s1. The fourth-order valence-electron chi connectivity index (χ4n) is 3.06. The molecule has 1 aromatic rings. The number of hydrogen-bond donors (Lipinski definition) is 2. The number of likely N-dealkylation sites (tertiary alicyclic amines) is 1. The third kappa shape index (κ3) is 4.60. The molecule has 8 heteroatoms. The van der Waals surface area contributed by atoms with Gasteiger partial charge in [0.05, 0.1) is 6.10 Å². The average molecular weight is 464 g/mol. The molecule has 0 radical (unpaired) electrons. The quantitative estimate of drug-likeness (QED) is 0.402. The van der Waals surface area contributed by atoms with E-state index in [2.05, 4.69) is 21.8 Å². The summed E-state index contributed by atoms with van der Waals surface area (Å²) in [5, 5.41) is 15.0. The lowest BCUT2D eigenvalue weighted by atomic mass is 10.1. The molecule has 0 spiro atoms. The van der Waals surface area contributed by atoms with Gasteiger partial charge in [-0.05, 0) is 36.8 Å². The number of carbonyl (C=O) groups is 1. The van der Waals surface area contributed by atoms with E-state index in [1.165, 1.54) is 10.4 Å². The molecule has 0 bridgehead atoms. The van der Waals surface area contributed by atoms with Gasteiger partial charge in [0.15, 0.2) is 5.96 Å². The van der Waals surface area contributed by atoms with Crippen LogP contribution < -0.4 is 5.32 Å². The van der Waals surface area contributed by atoms with Gasteiger partial charge in [0.2, 0.25) is 5.91 Å². The highest BCUT2D eigenvalue weighted by molar-refractivity contribution is 14.0. The predicted molar refractivity (Wildman–Crippen MR) is 107 cm³/mol. The maximum Gasteiger partial charge on any atom is 0.244 e. The van der Waals surface area contributed by atoms with Crippen LogP contribution in [0.25, 0.3) is 0 Å². The maximum absolute atomic E-state index is 12.4. The number of guanidine groups is 1. The van der Waals surface area contributed by atoms with E-state index in [4.69, 9.17) is 0 Å². The summed E-state index contributed by atoms with van der Waals surface area (Å²) in [6.07, 6.45) is 1.40. The Morgan fingerprint density at radius 3 is 3.00 bits per heavy atom. The first-order chi connectivity index (χ1) is 11.2. The van der Waals surface area contributed by atoms with Crippen LogP contribution in [0, 0.1) is 0 Å². The van der Waals surface area contributed by atoms with E-state index in [9.17, 15) is 9.90 Å². The molecule has 2 N–H and O–H groups in total. The first-order valence-electron chi connectivity index (χ1n) is 8.21. The highest BCUT2D eigenvalue weighted by Gasteiger charge is 2.24. The van der Waals surface area contributed by atoms with Crippen LogP contribution in [0.5, 0.6) is 0 Å². The molecule has 1 fully saturated rings. The normalized spacial score (nSPS) is 20.6. The van der Waals surface area contributed by atoms with Gasteiger partial charge in [0.1, 0.15) is 6.54 Å². The highest BCUT2D eigenvalue weighted by atomic mass is 127. The number of aliphatic hydroxyl groups is 1. The van der Waals surface area contributed by atoms with Crippen molar-refractivity contribution in [3.05, 3.63) is 21.9 Å². The Bertz CT molecular complexity index is 592. The van der Waals surface area contributed by atoms with Crippen LogP contribution in [-0.4, -0.2) is 65.6 Å². The number of nitrogens with one attached hydrogen (secondary N) is 1. The molecule has 1 saturated heterocycles. The summed E-state index contributed by atoms with van der Waals surface area (Å²) < 4.78 is 0. The lowest BCUT2D eigenvalue weighted by Crippen LogP contribution is -2.42.